The molecule has 2 rings (SSSR count). The van der Waals surface area contributed by atoms with Crippen molar-refractivity contribution < 1.29 is 4.74 Å². The Labute approximate surface area is 115 Å². The van der Waals surface area contributed by atoms with Gasteiger partial charge in [0.15, 0.2) is 0 Å². The molecule has 0 aliphatic heterocycles. The maximum absolute atomic E-state index is 5.77. The highest BCUT2D eigenvalue weighted by Gasteiger charge is 1.97. The van der Waals surface area contributed by atoms with Crippen molar-refractivity contribution in [3.05, 3.63) is 65.2 Å². The molecule has 0 unspecified atom stereocenters. The molecule has 0 bridgehead atoms. The molecule has 2 N–H and O–H groups in total. The molecule has 0 saturated heterocycles. The fourth-order valence-corrected chi connectivity index (χ4v) is 1.98. The van der Waals surface area contributed by atoms with Crippen molar-refractivity contribution in [2.24, 2.45) is 5.73 Å². The predicted octanol–water partition coefficient (Wildman–Crippen LogP) is 3.68. The van der Waals surface area contributed by atoms with Crippen LogP contribution in [0.15, 0.2) is 48.5 Å². The van der Waals surface area contributed by atoms with Gasteiger partial charge >= 0.3 is 0 Å². The number of nitrogens with two attached hydrogens (primary N) is 1. The zero-order valence-electron chi connectivity index (χ0n) is 11.4. The van der Waals surface area contributed by atoms with Crippen molar-refractivity contribution in [1.29, 1.82) is 0 Å². The molecule has 2 nitrogen and oxygen atoms in total. The standard InChI is InChI=1S/C17H21NO/c1-2-3-14-8-10-17(11-9-14)19-13-16-6-4-15(12-18)5-7-16/h4-11H,2-3,12-13,18H2,1H3. The van der Waals surface area contributed by atoms with E-state index in [2.05, 4.69) is 31.2 Å². The molecule has 0 aromatic heterocycles. The Balaban J connectivity index is 1.90. The lowest BCUT2D eigenvalue weighted by Gasteiger charge is -2.07. The third kappa shape index (κ3) is 4.11. The summed E-state index contributed by atoms with van der Waals surface area (Å²) in [5.74, 6) is 0.919. The SMILES string of the molecule is CCCc1ccc(OCc2ccc(CN)cc2)cc1. The van der Waals surface area contributed by atoms with Crippen LogP contribution in [-0.2, 0) is 19.6 Å². The van der Waals surface area contributed by atoms with Gasteiger partial charge in [0, 0.05) is 6.54 Å². The highest BCUT2D eigenvalue weighted by atomic mass is 16.5. The average Bonchev–Trinajstić information content (AvgIpc) is 2.47. The van der Waals surface area contributed by atoms with Crippen LogP contribution < -0.4 is 10.5 Å². The molecule has 0 aliphatic carbocycles. The summed E-state index contributed by atoms with van der Waals surface area (Å²) in [6, 6.07) is 16.6. The van der Waals surface area contributed by atoms with Gasteiger partial charge in [-0.1, -0.05) is 49.7 Å². The molecule has 0 aliphatic rings. The van der Waals surface area contributed by atoms with E-state index in [-0.39, 0.29) is 0 Å². The summed E-state index contributed by atoms with van der Waals surface area (Å²) in [6.45, 7) is 3.37. The van der Waals surface area contributed by atoms with Gasteiger partial charge in [-0.2, -0.15) is 0 Å². The van der Waals surface area contributed by atoms with Crippen LogP contribution in [0, 0.1) is 0 Å². The predicted molar refractivity (Wildman–Crippen MR) is 79.1 cm³/mol. The normalized spacial score (nSPS) is 10.4. The number of benzene rings is 2. The summed E-state index contributed by atoms with van der Waals surface area (Å²) in [6.07, 6.45) is 2.30. The minimum atomic E-state index is 0.583. The molecule has 0 heterocycles. The molecule has 0 radical (unpaired) electrons. The lowest BCUT2D eigenvalue weighted by molar-refractivity contribution is 0.306. The van der Waals surface area contributed by atoms with Gasteiger partial charge in [-0.15, -0.1) is 0 Å². The Morgan fingerprint density at radius 2 is 1.42 bits per heavy atom. The van der Waals surface area contributed by atoms with Crippen LogP contribution in [0.4, 0.5) is 0 Å². The average molecular weight is 255 g/mol. The summed E-state index contributed by atoms with van der Waals surface area (Å²) in [5, 5.41) is 0. The van der Waals surface area contributed by atoms with Crippen LogP contribution in [-0.4, -0.2) is 0 Å². The number of rotatable bonds is 6. The smallest absolute Gasteiger partial charge is 0.119 e. The van der Waals surface area contributed by atoms with Gasteiger partial charge in [-0.05, 0) is 35.2 Å². The Bertz CT molecular complexity index is 488. The molecule has 0 saturated carbocycles. The molecule has 0 spiro atoms. The van der Waals surface area contributed by atoms with Gasteiger partial charge in [0.05, 0.1) is 0 Å². The van der Waals surface area contributed by atoms with Gasteiger partial charge in [0.2, 0.25) is 0 Å². The van der Waals surface area contributed by atoms with Crippen LogP contribution >= 0.6 is 0 Å². The molecular weight excluding hydrogens is 234 g/mol. The molecule has 0 amide bonds. The van der Waals surface area contributed by atoms with E-state index < -0.39 is 0 Å². The van der Waals surface area contributed by atoms with E-state index in [0.717, 1.165) is 23.3 Å². The van der Waals surface area contributed by atoms with Gasteiger partial charge in [-0.3, -0.25) is 0 Å². The van der Waals surface area contributed by atoms with Gasteiger partial charge in [-0.25, -0.2) is 0 Å². The molecule has 2 heteroatoms. The lowest BCUT2D eigenvalue weighted by Crippen LogP contribution is -1.98. The van der Waals surface area contributed by atoms with Crippen molar-refractivity contribution in [3.8, 4) is 5.75 Å². The fourth-order valence-electron chi connectivity index (χ4n) is 1.98. The van der Waals surface area contributed by atoms with E-state index in [1.54, 1.807) is 0 Å². The first-order valence-corrected chi connectivity index (χ1v) is 6.81. The highest BCUT2D eigenvalue weighted by Crippen LogP contribution is 2.15. The summed E-state index contributed by atoms with van der Waals surface area (Å²) < 4.78 is 5.77. The Hall–Kier alpha value is -1.80. The Morgan fingerprint density at radius 3 is 2.00 bits per heavy atom. The van der Waals surface area contributed by atoms with Crippen molar-refractivity contribution in [3.63, 3.8) is 0 Å². The summed E-state index contributed by atoms with van der Waals surface area (Å²) in [4.78, 5) is 0. The number of ether oxygens (including phenoxy) is 1. The highest BCUT2D eigenvalue weighted by molar-refractivity contribution is 5.28. The van der Waals surface area contributed by atoms with Crippen molar-refractivity contribution >= 4 is 0 Å². The molecule has 2 aromatic rings. The maximum atomic E-state index is 5.77. The van der Waals surface area contributed by atoms with E-state index >= 15 is 0 Å². The molecule has 19 heavy (non-hydrogen) atoms. The molecule has 0 atom stereocenters. The second-order valence-electron chi connectivity index (χ2n) is 4.70. The van der Waals surface area contributed by atoms with E-state index in [9.17, 15) is 0 Å². The number of aryl methyl sites for hydroxylation is 1. The second-order valence-corrected chi connectivity index (χ2v) is 4.70. The summed E-state index contributed by atoms with van der Waals surface area (Å²) in [7, 11) is 0. The van der Waals surface area contributed by atoms with Crippen molar-refractivity contribution in [1.82, 2.24) is 0 Å². The van der Waals surface area contributed by atoms with Crippen LogP contribution in [0.3, 0.4) is 0 Å². The van der Waals surface area contributed by atoms with Crippen LogP contribution in [0.25, 0.3) is 0 Å². The lowest BCUT2D eigenvalue weighted by atomic mass is 10.1. The van der Waals surface area contributed by atoms with Gasteiger partial charge in [0.25, 0.3) is 0 Å². The molecular formula is C17H21NO. The van der Waals surface area contributed by atoms with E-state index in [1.807, 2.05) is 24.3 Å². The van der Waals surface area contributed by atoms with Gasteiger partial charge < -0.3 is 10.5 Å². The Morgan fingerprint density at radius 1 is 0.842 bits per heavy atom. The van der Waals surface area contributed by atoms with Crippen molar-refractivity contribution in [2.45, 2.75) is 32.9 Å². The monoisotopic (exact) mass is 255 g/mol. The topological polar surface area (TPSA) is 35.2 Å². The first-order chi connectivity index (χ1) is 9.31. The quantitative estimate of drug-likeness (QED) is 0.854. The van der Waals surface area contributed by atoms with E-state index in [0.29, 0.717) is 13.2 Å². The maximum Gasteiger partial charge on any atom is 0.119 e. The van der Waals surface area contributed by atoms with Crippen molar-refractivity contribution in [2.75, 3.05) is 0 Å². The third-order valence-electron chi connectivity index (χ3n) is 3.13. The zero-order valence-corrected chi connectivity index (χ0v) is 11.4. The largest absolute Gasteiger partial charge is 0.489 e. The summed E-state index contributed by atoms with van der Waals surface area (Å²) >= 11 is 0. The van der Waals surface area contributed by atoms with E-state index in [1.165, 1.54) is 12.0 Å². The van der Waals surface area contributed by atoms with Crippen LogP contribution in [0.5, 0.6) is 5.75 Å². The first kappa shape index (κ1) is 13.6. The minimum Gasteiger partial charge on any atom is -0.489 e. The zero-order chi connectivity index (χ0) is 13.5. The minimum absolute atomic E-state index is 0.583. The second kappa shape index (κ2) is 6.95. The summed E-state index contributed by atoms with van der Waals surface area (Å²) in [5.41, 5.74) is 9.24. The Kier molecular flexibility index (Phi) is 4.99. The van der Waals surface area contributed by atoms with Crippen LogP contribution in [0.2, 0.25) is 0 Å². The molecule has 2 aromatic carbocycles. The first-order valence-electron chi connectivity index (χ1n) is 6.81. The number of hydrogen-bond acceptors (Lipinski definition) is 2. The fraction of sp³-hybridized carbons (Fsp3) is 0.294. The van der Waals surface area contributed by atoms with Crippen LogP contribution in [0.1, 0.15) is 30.0 Å². The molecule has 0 fully saturated rings. The number of hydrogen-bond donors (Lipinski definition) is 1. The van der Waals surface area contributed by atoms with Gasteiger partial charge in [0.1, 0.15) is 12.4 Å². The van der Waals surface area contributed by atoms with E-state index in [4.69, 9.17) is 10.5 Å². The molecule has 100 valence electrons. The third-order valence-corrected chi connectivity index (χ3v) is 3.13.